The number of hydrogen-bond donors (Lipinski definition) is 0. The summed E-state index contributed by atoms with van der Waals surface area (Å²) in [6.07, 6.45) is -7.64. The van der Waals surface area contributed by atoms with Gasteiger partial charge in [-0.2, -0.15) is 31.4 Å². The van der Waals surface area contributed by atoms with E-state index in [1.54, 1.807) is 39.0 Å². The van der Waals surface area contributed by atoms with Crippen LogP contribution in [0.15, 0.2) is 48.8 Å². The zero-order chi connectivity index (χ0) is 44.2. The third-order valence-corrected chi connectivity index (χ3v) is 11.8. The Bertz CT molecular complexity index is 2090. The van der Waals surface area contributed by atoms with Crippen LogP contribution in [0, 0.1) is 22.6 Å². The van der Waals surface area contributed by atoms with E-state index in [1.165, 1.54) is 11.1 Å². The van der Waals surface area contributed by atoms with E-state index in [2.05, 4.69) is 5.10 Å². The number of amides is 2. The summed E-state index contributed by atoms with van der Waals surface area (Å²) < 4.78 is 137. The van der Waals surface area contributed by atoms with Gasteiger partial charge in [0.25, 0.3) is 5.91 Å². The Morgan fingerprint density at radius 2 is 1.53 bits per heavy atom. The number of carbonyl (C=O) groups excluding carboxylic acids is 3. The molecular weight excluding hydrogens is 811 g/mol. The predicted octanol–water partition coefficient (Wildman–Crippen LogP) is 9.04. The molecule has 9 nitrogen and oxygen atoms in total. The van der Waals surface area contributed by atoms with E-state index >= 15 is 0 Å². The number of hydrogen-bond acceptors (Lipinski definition) is 6. The van der Waals surface area contributed by atoms with Gasteiger partial charge in [0.05, 0.1) is 42.6 Å². The van der Waals surface area contributed by atoms with Crippen molar-refractivity contribution < 1.29 is 63.4 Å². The zero-order valence-electron chi connectivity index (χ0n) is 33.8. The molecule has 2 saturated heterocycles. The maximum atomic E-state index is 14.1. The Morgan fingerprint density at radius 1 is 0.883 bits per heavy atom. The van der Waals surface area contributed by atoms with Crippen LogP contribution in [-0.2, 0) is 33.6 Å². The molecule has 3 fully saturated rings. The predicted molar refractivity (Wildman–Crippen MR) is 198 cm³/mol. The van der Waals surface area contributed by atoms with Gasteiger partial charge in [-0.05, 0) is 82.2 Å². The molecule has 0 bridgehead atoms. The SMILES string of the molecule is CC(C)(C)OC(=O)c1c(COC[C@@H]2CN(C(=O)c3cnn(Cc4ccc(F)cc4C(F)(F)F)c3)CC23CN(C(=O)C(C)(C)C(F)(F)F)C3)cccc1C1CCC(F)(F)CC1. The lowest BCUT2D eigenvalue weighted by molar-refractivity contribution is -0.223. The molecule has 2 aliphatic heterocycles. The summed E-state index contributed by atoms with van der Waals surface area (Å²) >= 11 is 0. The number of nitrogens with zero attached hydrogens (tertiary/aromatic N) is 4. The average Bonchev–Trinajstić information content (AvgIpc) is 3.75. The molecule has 1 spiro atoms. The number of esters is 1. The number of aromatic nitrogens is 2. The van der Waals surface area contributed by atoms with E-state index in [4.69, 9.17) is 9.47 Å². The highest BCUT2D eigenvalue weighted by atomic mass is 19.4. The van der Waals surface area contributed by atoms with Crippen LogP contribution in [-0.4, -0.2) is 87.8 Å². The van der Waals surface area contributed by atoms with Gasteiger partial charge < -0.3 is 19.3 Å². The molecule has 18 heteroatoms. The van der Waals surface area contributed by atoms with Crippen LogP contribution in [0.2, 0.25) is 0 Å². The van der Waals surface area contributed by atoms with Crippen LogP contribution < -0.4 is 0 Å². The van der Waals surface area contributed by atoms with Gasteiger partial charge in [0.1, 0.15) is 16.8 Å². The molecule has 2 amide bonds. The Kier molecular flexibility index (Phi) is 12.0. The number of carbonyl (C=O) groups is 3. The fraction of sp³-hybridized carbons (Fsp3) is 0.571. The van der Waals surface area contributed by atoms with Crippen LogP contribution in [0.25, 0.3) is 0 Å². The summed E-state index contributed by atoms with van der Waals surface area (Å²) in [4.78, 5) is 43.2. The largest absolute Gasteiger partial charge is 0.456 e. The molecule has 6 rings (SSSR count). The summed E-state index contributed by atoms with van der Waals surface area (Å²) in [5.41, 5.74) is -4.75. The summed E-state index contributed by atoms with van der Waals surface area (Å²) in [7, 11) is 0. The smallest absolute Gasteiger partial charge is 0.416 e. The van der Waals surface area contributed by atoms with Gasteiger partial charge in [-0.3, -0.25) is 14.3 Å². The van der Waals surface area contributed by atoms with Crippen LogP contribution in [0.5, 0.6) is 0 Å². The minimum Gasteiger partial charge on any atom is -0.456 e. The minimum atomic E-state index is -4.85. The van der Waals surface area contributed by atoms with Gasteiger partial charge in [-0.1, -0.05) is 24.3 Å². The fourth-order valence-electron chi connectivity index (χ4n) is 8.34. The summed E-state index contributed by atoms with van der Waals surface area (Å²) in [5.74, 6) is -7.11. The maximum Gasteiger partial charge on any atom is 0.416 e. The number of benzene rings is 2. The van der Waals surface area contributed by atoms with Crippen molar-refractivity contribution in [1.82, 2.24) is 19.6 Å². The molecular formula is C42H47F9N4O5. The third-order valence-electron chi connectivity index (χ3n) is 11.8. The lowest BCUT2D eigenvalue weighted by Gasteiger charge is -2.52. The average molecular weight is 859 g/mol. The lowest BCUT2D eigenvalue weighted by Crippen LogP contribution is -2.66. The van der Waals surface area contributed by atoms with E-state index in [1.807, 2.05) is 0 Å². The monoisotopic (exact) mass is 858 g/mol. The van der Waals surface area contributed by atoms with Crippen molar-refractivity contribution in [3.8, 4) is 0 Å². The molecule has 0 N–H and O–H groups in total. The van der Waals surface area contributed by atoms with Crippen molar-refractivity contribution in [3.05, 3.63) is 88.0 Å². The van der Waals surface area contributed by atoms with Gasteiger partial charge in [-0.15, -0.1) is 0 Å². The number of rotatable bonds is 10. The molecule has 3 heterocycles. The second-order valence-corrected chi connectivity index (χ2v) is 17.8. The number of halogens is 9. The van der Waals surface area contributed by atoms with Crippen molar-refractivity contribution in [1.29, 1.82) is 0 Å². The first-order valence-corrected chi connectivity index (χ1v) is 19.5. The first kappa shape index (κ1) is 44.9. The van der Waals surface area contributed by atoms with Gasteiger partial charge in [0, 0.05) is 56.6 Å². The van der Waals surface area contributed by atoms with Crippen molar-refractivity contribution in [2.75, 3.05) is 32.8 Å². The number of alkyl halides is 8. The van der Waals surface area contributed by atoms with Gasteiger partial charge in [-0.25, -0.2) is 18.0 Å². The molecule has 1 saturated carbocycles. The van der Waals surface area contributed by atoms with Crippen molar-refractivity contribution in [2.24, 2.45) is 16.7 Å². The Morgan fingerprint density at radius 3 is 2.15 bits per heavy atom. The molecule has 0 unspecified atom stereocenters. The van der Waals surface area contributed by atoms with Crippen LogP contribution in [0.3, 0.4) is 0 Å². The Labute approximate surface area is 341 Å². The normalized spacial score (nSPS) is 19.7. The van der Waals surface area contributed by atoms with Crippen molar-refractivity contribution >= 4 is 17.8 Å². The maximum absolute atomic E-state index is 14.1. The Hall–Kier alpha value is -4.61. The van der Waals surface area contributed by atoms with Crippen LogP contribution in [0.1, 0.15) is 109 Å². The van der Waals surface area contributed by atoms with Crippen molar-refractivity contribution in [2.45, 2.75) is 103 Å². The second kappa shape index (κ2) is 16.0. The van der Waals surface area contributed by atoms with Gasteiger partial charge in [0.2, 0.25) is 11.8 Å². The quantitative estimate of drug-likeness (QED) is 0.149. The summed E-state index contributed by atoms with van der Waals surface area (Å²) in [6, 6.07) is 7.29. The molecule has 1 aromatic heterocycles. The summed E-state index contributed by atoms with van der Waals surface area (Å²) in [6.45, 7) is 5.80. The molecule has 3 aliphatic rings. The zero-order valence-corrected chi connectivity index (χ0v) is 33.8. The highest BCUT2D eigenvalue weighted by Crippen LogP contribution is 2.49. The highest BCUT2D eigenvalue weighted by Gasteiger charge is 2.61. The van der Waals surface area contributed by atoms with E-state index in [0.29, 0.717) is 17.2 Å². The van der Waals surface area contributed by atoms with Crippen molar-refractivity contribution in [3.63, 3.8) is 0 Å². The molecule has 328 valence electrons. The Balaban J connectivity index is 1.22. The van der Waals surface area contributed by atoms with E-state index < -0.39 is 76.3 Å². The lowest BCUT2D eigenvalue weighted by atomic mass is 9.70. The second-order valence-electron chi connectivity index (χ2n) is 17.8. The van der Waals surface area contributed by atoms with Gasteiger partial charge in [0.15, 0.2) is 0 Å². The third kappa shape index (κ3) is 9.47. The fourth-order valence-corrected chi connectivity index (χ4v) is 8.34. The van der Waals surface area contributed by atoms with E-state index in [-0.39, 0.29) is 87.7 Å². The molecule has 2 aromatic carbocycles. The highest BCUT2D eigenvalue weighted by molar-refractivity contribution is 5.94. The van der Waals surface area contributed by atoms with Crippen LogP contribution in [0.4, 0.5) is 39.5 Å². The first-order chi connectivity index (χ1) is 27.7. The number of likely N-dealkylation sites (tertiary alicyclic amines) is 2. The van der Waals surface area contributed by atoms with Gasteiger partial charge >= 0.3 is 18.3 Å². The molecule has 0 radical (unpaired) electrons. The standard InChI is InChI=1S/C42H47F9N4O5/c1-37(2,3)60-35(57)33-27(7-6-8-31(33)25-11-13-40(44,45)14-12-25)20-59-21-29-19-53(22-39(29)23-54(24-39)36(58)38(4,5)42(49,50)51)34(56)28-16-52-55(18-28)17-26-9-10-30(43)15-32(26)41(46,47)48/h6-10,15-16,18,25,29H,11-14,17,19-24H2,1-5H3/t29-/m0/s1. The molecule has 3 aromatic rings. The summed E-state index contributed by atoms with van der Waals surface area (Å²) in [5, 5.41) is 4.05. The minimum absolute atomic E-state index is 0.00239. The van der Waals surface area contributed by atoms with E-state index in [9.17, 15) is 53.9 Å². The molecule has 60 heavy (non-hydrogen) atoms. The molecule has 1 aliphatic carbocycles. The van der Waals surface area contributed by atoms with Crippen LogP contribution >= 0.6 is 0 Å². The number of ether oxygens (including phenoxy) is 2. The topological polar surface area (TPSA) is 94.0 Å². The molecule has 1 atom stereocenters. The first-order valence-electron chi connectivity index (χ1n) is 19.5. The van der Waals surface area contributed by atoms with E-state index in [0.717, 1.165) is 41.8 Å².